The van der Waals surface area contributed by atoms with Crippen LogP contribution in [0.5, 0.6) is 0 Å². The molecule has 1 aliphatic heterocycles. The number of halogens is 2. The van der Waals surface area contributed by atoms with E-state index in [1.807, 2.05) is 22.6 Å². The number of anilines is 1. The summed E-state index contributed by atoms with van der Waals surface area (Å²) in [5.74, 6) is -0.407. The lowest BCUT2D eigenvalue weighted by Gasteiger charge is -2.24. The average Bonchev–Trinajstić information content (AvgIpc) is 3.36. The molecular formula is C22H26FIN2O5S. The Bertz CT molecular complexity index is 1220. The lowest BCUT2D eigenvalue weighted by molar-refractivity contribution is 0.0858. The molecule has 10 heteroatoms. The molecule has 1 fully saturated rings. The van der Waals surface area contributed by atoms with E-state index in [1.165, 1.54) is 6.07 Å². The Morgan fingerprint density at radius 2 is 2.06 bits per heavy atom. The van der Waals surface area contributed by atoms with Crippen LogP contribution in [0.4, 0.5) is 10.1 Å². The Morgan fingerprint density at radius 1 is 1.34 bits per heavy atom. The summed E-state index contributed by atoms with van der Waals surface area (Å²) in [6.45, 7) is 1.65. The summed E-state index contributed by atoms with van der Waals surface area (Å²) >= 11 is 2.02. The quantitative estimate of drug-likeness (QED) is 0.419. The number of pyridine rings is 1. The highest BCUT2D eigenvalue weighted by atomic mass is 127. The van der Waals surface area contributed by atoms with E-state index in [4.69, 9.17) is 0 Å². The summed E-state index contributed by atoms with van der Waals surface area (Å²) in [5.41, 5.74) is 2.04. The van der Waals surface area contributed by atoms with Crippen LogP contribution in [-0.2, 0) is 29.4 Å². The van der Waals surface area contributed by atoms with Crippen molar-refractivity contribution in [2.75, 3.05) is 11.3 Å². The van der Waals surface area contributed by atoms with E-state index < -0.39 is 33.3 Å². The van der Waals surface area contributed by atoms with E-state index in [2.05, 4.69) is 4.72 Å². The zero-order valence-electron chi connectivity index (χ0n) is 17.7. The number of rotatable bonds is 8. The molecule has 3 N–H and O–H groups in total. The molecule has 2 heterocycles. The Balaban J connectivity index is 1.80. The molecule has 4 rings (SSSR count). The van der Waals surface area contributed by atoms with Gasteiger partial charge in [-0.05, 0) is 84.9 Å². The summed E-state index contributed by atoms with van der Waals surface area (Å²) in [6.07, 6.45) is 0.930. The van der Waals surface area contributed by atoms with Crippen molar-refractivity contribution in [2.45, 2.75) is 62.8 Å². The molecule has 1 saturated carbocycles. The third kappa shape index (κ3) is 4.22. The van der Waals surface area contributed by atoms with Gasteiger partial charge >= 0.3 is 0 Å². The topological polar surface area (TPSA) is 109 Å². The second-order valence-corrected chi connectivity index (χ2v) is 12.0. The van der Waals surface area contributed by atoms with Gasteiger partial charge in [-0.3, -0.25) is 9.52 Å². The summed E-state index contributed by atoms with van der Waals surface area (Å²) in [4.78, 5) is 13.0. The van der Waals surface area contributed by atoms with Crippen molar-refractivity contribution < 1.29 is 23.0 Å². The number of sulfonamides is 1. The van der Waals surface area contributed by atoms with Crippen LogP contribution < -0.4 is 10.3 Å². The maximum atomic E-state index is 14.6. The van der Waals surface area contributed by atoms with Crippen molar-refractivity contribution in [3.8, 4) is 0 Å². The molecule has 2 aromatic rings. The Hall–Kier alpha value is -1.50. The van der Waals surface area contributed by atoms with Crippen LogP contribution in [0.2, 0.25) is 0 Å². The van der Waals surface area contributed by atoms with Gasteiger partial charge in [0.25, 0.3) is 5.56 Å². The van der Waals surface area contributed by atoms with Crippen LogP contribution in [0.3, 0.4) is 0 Å². The molecule has 1 unspecified atom stereocenters. The zero-order valence-corrected chi connectivity index (χ0v) is 20.7. The largest absolute Gasteiger partial charge is 0.394 e. The summed E-state index contributed by atoms with van der Waals surface area (Å²) < 4.78 is 45.3. The maximum Gasteiger partial charge on any atom is 0.254 e. The number of aliphatic hydroxyl groups is 2. The maximum absolute atomic E-state index is 14.6. The van der Waals surface area contributed by atoms with E-state index >= 15 is 0 Å². The highest BCUT2D eigenvalue weighted by Gasteiger charge is 2.55. The van der Waals surface area contributed by atoms with Gasteiger partial charge in [0.05, 0.1) is 23.1 Å². The number of hydrogen-bond acceptors (Lipinski definition) is 5. The predicted molar refractivity (Wildman–Crippen MR) is 128 cm³/mol. The lowest BCUT2D eigenvalue weighted by atomic mass is 9.98. The van der Waals surface area contributed by atoms with Crippen LogP contribution in [0.1, 0.15) is 48.1 Å². The first-order chi connectivity index (χ1) is 15.1. The van der Waals surface area contributed by atoms with Crippen molar-refractivity contribution >= 4 is 38.3 Å². The monoisotopic (exact) mass is 576 g/mol. The standard InChI is InChI=1S/C22H26FIN2O5S/c1-13-17(9-14-4-5-15(24)10-18(14)23)20(19-3-2-8-26(19)21(13)29)25-32(30,31)22(6-7-22)11-16(28)12-27/h4-5,10,16,25,27-28H,2-3,6-9,11-12H2,1H3. The minimum absolute atomic E-state index is 0.0616. The number of hydrogen-bond donors (Lipinski definition) is 3. The fraction of sp³-hybridized carbons (Fsp3) is 0.500. The van der Waals surface area contributed by atoms with Crippen LogP contribution >= 0.6 is 22.6 Å². The van der Waals surface area contributed by atoms with Crippen LogP contribution in [0.15, 0.2) is 23.0 Å². The summed E-state index contributed by atoms with van der Waals surface area (Å²) in [6, 6.07) is 4.83. The first-order valence-corrected chi connectivity index (χ1v) is 13.1. The molecule has 1 aromatic carbocycles. The van der Waals surface area contributed by atoms with E-state index in [1.54, 1.807) is 23.6 Å². The third-order valence-electron chi connectivity index (χ3n) is 6.54. The number of nitrogens with zero attached hydrogens (tertiary/aromatic N) is 1. The number of aliphatic hydroxyl groups excluding tert-OH is 2. The van der Waals surface area contributed by atoms with E-state index in [0.717, 1.165) is 9.99 Å². The molecule has 32 heavy (non-hydrogen) atoms. The van der Waals surface area contributed by atoms with Crippen LogP contribution in [0, 0.1) is 16.3 Å². The molecule has 0 radical (unpaired) electrons. The fourth-order valence-corrected chi connectivity index (χ4v) is 6.74. The van der Waals surface area contributed by atoms with Gasteiger partial charge in [0, 0.05) is 27.8 Å². The van der Waals surface area contributed by atoms with Crippen molar-refractivity contribution in [1.82, 2.24) is 4.57 Å². The van der Waals surface area contributed by atoms with Gasteiger partial charge < -0.3 is 14.8 Å². The number of aromatic nitrogens is 1. The molecule has 0 saturated heterocycles. The normalized spacial score (nSPS) is 17.8. The summed E-state index contributed by atoms with van der Waals surface area (Å²) in [7, 11) is -3.92. The van der Waals surface area contributed by atoms with E-state index in [9.17, 15) is 27.8 Å². The molecule has 2 aliphatic rings. The summed E-state index contributed by atoms with van der Waals surface area (Å²) in [5, 5.41) is 19.1. The molecule has 1 atom stereocenters. The van der Waals surface area contributed by atoms with Crippen molar-refractivity contribution in [1.29, 1.82) is 0 Å². The number of benzene rings is 1. The Labute approximate surface area is 199 Å². The fourth-order valence-electron chi connectivity index (χ4n) is 4.51. The Kier molecular flexibility index (Phi) is 6.43. The van der Waals surface area contributed by atoms with Gasteiger partial charge in [-0.2, -0.15) is 0 Å². The van der Waals surface area contributed by atoms with Crippen molar-refractivity contribution in [2.24, 2.45) is 0 Å². The molecule has 0 amide bonds. The highest BCUT2D eigenvalue weighted by molar-refractivity contribution is 14.1. The zero-order chi connectivity index (χ0) is 23.3. The molecule has 1 aromatic heterocycles. The number of nitrogens with one attached hydrogen (secondary N) is 1. The number of fused-ring (bicyclic) bond motifs is 1. The molecule has 7 nitrogen and oxygen atoms in total. The first-order valence-electron chi connectivity index (χ1n) is 10.6. The molecule has 1 aliphatic carbocycles. The second kappa shape index (κ2) is 8.69. The smallest absolute Gasteiger partial charge is 0.254 e. The van der Waals surface area contributed by atoms with Crippen molar-refractivity contribution in [3.05, 3.63) is 60.3 Å². The highest BCUT2D eigenvalue weighted by Crippen LogP contribution is 2.48. The Morgan fingerprint density at radius 3 is 2.69 bits per heavy atom. The van der Waals surface area contributed by atoms with Gasteiger partial charge in [-0.1, -0.05) is 6.07 Å². The van der Waals surface area contributed by atoms with Crippen molar-refractivity contribution in [3.63, 3.8) is 0 Å². The lowest BCUT2D eigenvalue weighted by Crippen LogP contribution is -2.36. The predicted octanol–water partition coefficient (Wildman–Crippen LogP) is 2.46. The van der Waals surface area contributed by atoms with Gasteiger partial charge in [0.2, 0.25) is 10.0 Å². The minimum Gasteiger partial charge on any atom is -0.394 e. The van der Waals surface area contributed by atoms with E-state index in [-0.39, 0.29) is 18.4 Å². The van der Waals surface area contributed by atoms with Crippen LogP contribution in [0.25, 0.3) is 0 Å². The van der Waals surface area contributed by atoms with Gasteiger partial charge in [0.1, 0.15) is 5.82 Å². The van der Waals surface area contributed by atoms with Gasteiger partial charge in [0.15, 0.2) is 0 Å². The van der Waals surface area contributed by atoms with E-state index in [0.29, 0.717) is 53.9 Å². The van der Waals surface area contributed by atoms with Gasteiger partial charge in [-0.15, -0.1) is 0 Å². The average molecular weight is 576 g/mol. The first kappa shape index (κ1) is 23.7. The molecule has 0 bridgehead atoms. The minimum atomic E-state index is -3.92. The van der Waals surface area contributed by atoms with Gasteiger partial charge in [-0.25, -0.2) is 12.8 Å². The van der Waals surface area contributed by atoms with Crippen LogP contribution in [-0.4, -0.2) is 40.7 Å². The second-order valence-electron chi connectivity index (χ2n) is 8.73. The third-order valence-corrected chi connectivity index (χ3v) is 9.40. The molecule has 174 valence electrons. The SMILES string of the molecule is Cc1c(Cc2ccc(I)cc2F)c(NS(=O)(=O)C2(CC(O)CO)CC2)c2n(c1=O)CCC2. The molecular weight excluding hydrogens is 550 g/mol. The molecule has 0 spiro atoms.